The van der Waals surface area contributed by atoms with Crippen molar-refractivity contribution in [2.24, 2.45) is 0 Å². The topological polar surface area (TPSA) is 50.1 Å². The van der Waals surface area contributed by atoms with E-state index in [0.717, 1.165) is 8.04 Å². The molecule has 0 heterocycles. The molecule has 0 aliphatic carbocycles. The molecule has 0 saturated carbocycles. The fourth-order valence-corrected chi connectivity index (χ4v) is 2.89. The highest BCUT2D eigenvalue weighted by Crippen LogP contribution is 2.27. The molecule has 0 saturated heterocycles. The van der Waals surface area contributed by atoms with Crippen LogP contribution in [0.1, 0.15) is 21.8 Å². The lowest BCUT2D eigenvalue weighted by molar-refractivity contribution is 0.0978. The summed E-state index contributed by atoms with van der Waals surface area (Å²) in [6, 6.07) is 14.5. The highest BCUT2D eigenvalue weighted by molar-refractivity contribution is 14.1. The van der Waals surface area contributed by atoms with Crippen LogP contribution in [0.4, 0.5) is 0 Å². The number of nitriles is 1. The largest absolute Gasteiger partial charge is 0.497 e. The Bertz CT molecular complexity index is 707. The zero-order valence-corrected chi connectivity index (χ0v) is 14.9. The number of nitrogens with zero attached hydrogens (tertiary/aromatic N) is 1. The minimum atomic E-state index is -0.821. The van der Waals surface area contributed by atoms with E-state index >= 15 is 0 Å². The van der Waals surface area contributed by atoms with Gasteiger partial charge in [0.1, 0.15) is 11.7 Å². The number of hydrogen-bond donors (Lipinski definition) is 0. The van der Waals surface area contributed by atoms with Crippen LogP contribution in [-0.2, 0) is 0 Å². The molecule has 0 aliphatic heterocycles. The van der Waals surface area contributed by atoms with Crippen LogP contribution in [0.3, 0.4) is 0 Å². The van der Waals surface area contributed by atoms with Gasteiger partial charge < -0.3 is 4.74 Å². The van der Waals surface area contributed by atoms with Gasteiger partial charge in [-0.25, -0.2) is 0 Å². The van der Waals surface area contributed by atoms with Crippen LogP contribution in [0.25, 0.3) is 0 Å². The first-order chi connectivity index (χ1) is 10.1. The van der Waals surface area contributed by atoms with E-state index in [0.29, 0.717) is 16.9 Å². The second-order valence-corrected chi connectivity index (χ2v) is 6.40. The van der Waals surface area contributed by atoms with E-state index in [1.807, 2.05) is 12.1 Å². The molecular formula is C16H11BrINO2. The SMILES string of the molecule is COc1ccc(C(C#N)C(=O)c2cc(Br)ccc2I)cc1. The van der Waals surface area contributed by atoms with Gasteiger partial charge in [-0.1, -0.05) is 28.1 Å². The highest BCUT2D eigenvalue weighted by atomic mass is 127. The zero-order valence-electron chi connectivity index (χ0n) is 11.1. The molecule has 0 radical (unpaired) electrons. The van der Waals surface area contributed by atoms with Crippen molar-refractivity contribution >= 4 is 44.3 Å². The van der Waals surface area contributed by atoms with Gasteiger partial charge in [0.15, 0.2) is 5.78 Å². The minimum absolute atomic E-state index is 0.201. The van der Waals surface area contributed by atoms with E-state index in [1.165, 1.54) is 0 Å². The zero-order chi connectivity index (χ0) is 15.4. The lowest BCUT2D eigenvalue weighted by Gasteiger charge is -2.11. The third kappa shape index (κ3) is 3.63. The summed E-state index contributed by atoms with van der Waals surface area (Å²) in [6.45, 7) is 0. The molecule has 2 rings (SSSR count). The summed E-state index contributed by atoms with van der Waals surface area (Å²) in [7, 11) is 1.58. The summed E-state index contributed by atoms with van der Waals surface area (Å²) in [4.78, 5) is 12.6. The fraction of sp³-hybridized carbons (Fsp3) is 0.125. The molecule has 0 aliphatic rings. The maximum absolute atomic E-state index is 12.6. The number of carbonyl (C=O) groups excluding carboxylic acids is 1. The summed E-state index contributed by atoms with van der Waals surface area (Å²) in [6.07, 6.45) is 0. The summed E-state index contributed by atoms with van der Waals surface area (Å²) < 4.78 is 6.73. The van der Waals surface area contributed by atoms with Gasteiger partial charge in [-0.05, 0) is 58.5 Å². The number of hydrogen-bond acceptors (Lipinski definition) is 3. The van der Waals surface area contributed by atoms with Gasteiger partial charge in [0.2, 0.25) is 0 Å². The Kier molecular flexibility index (Phi) is 5.37. The van der Waals surface area contributed by atoms with E-state index < -0.39 is 5.92 Å². The number of halogens is 2. The standard InChI is InChI=1S/C16H11BrINO2/c1-21-12-5-2-10(3-6-12)14(9-19)16(20)13-8-11(17)4-7-15(13)18/h2-8,14H,1H3. The quantitative estimate of drug-likeness (QED) is 0.501. The lowest BCUT2D eigenvalue weighted by Crippen LogP contribution is -2.12. The van der Waals surface area contributed by atoms with Gasteiger partial charge >= 0.3 is 0 Å². The first-order valence-electron chi connectivity index (χ1n) is 6.09. The smallest absolute Gasteiger partial charge is 0.185 e. The predicted octanol–water partition coefficient (Wildman–Crippen LogP) is 4.55. The fourth-order valence-electron chi connectivity index (χ4n) is 1.92. The van der Waals surface area contributed by atoms with E-state index in [9.17, 15) is 10.1 Å². The molecule has 5 heteroatoms. The molecule has 106 valence electrons. The van der Waals surface area contributed by atoms with Crippen molar-refractivity contribution in [1.29, 1.82) is 5.26 Å². The minimum Gasteiger partial charge on any atom is -0.497 e. The summed E-state index contributed by atoms with van der Waals surface area (Å²) in [5, 5.41) is 9.38. The summed E-state index contributed by atoms with van der Waals surface area (Å²) in [5.74, 6) is -0.327. The average molecular weight is 456 g/mol. The van der Waals surface area contributed by atoms with Crippen LogP contribution >= 0.6 is 38.5 Å². The van der Waals surface area contributed by atoms with Crippen molar-refractivity contribution in [3.63, 3.8) is 0 Å². The van der Waals surface area contributed by atoms with Crippen molar-refractivity contribution < 1.29 is 9.53 Å². The summed E-state index contributed by atoms with van der Waals surface area (Å²) >= 11 is 5.46. The molecule has 2 aromatic carbocycles. The van der Waals surface area contributed by atoms with Gasteiger partial charge in [0.25, 0.3) is 0 Å². The molecule has 3 nitrogen and oxygen atoms in total. The van der Waals surface area contributed by atoms with Crippen molar-refractivity contribution in [1.82, 2.24) is 0 Å². The summed E-state index contributed by atoms with van der Waals surface area (Å²) in [5.41, 5.74) is 1.21. The number of methoxy groups -OCH3 is 1. The number of carbonyl (C=O) groups is 1. The molecule has 0 N–H and O–H groups in total. The van der Waals surface area contributed by atoms with E-state index in [1.54, 1.807) is 37.4 Å². The van der Waals surface area contributed by atoms with Gasteiger partial charge in [-0.2, -0.15) is 5.26 Å². The van der Waals surface area contributed by atoms with Crippen molar-refractivity contribution in [3.05, 3.63) is 61.6 Å². The number of benzene rings is 2. The average Bonchev–Trinajstić information content (AvgIpc) is 2.51. The molecule has 0 spiro atoms. The maximum atomic E-state index is 12.6. The second-order valence-electron chi connectivity index (χ2n) is 4.32. The Morgan fingerprint density at radius 3 is 2.52 bits per heavy atom. The third-order valence-corrected chi connectivity index (χ3v) is 4.47. The van der Waals surface area contributed by atoms with Crippen LogP contribution < -0.4 is 4.74 Å². The first-order valence-corrected chi connectivity index (χ1v) is 7.97. The second kappa shape index (κ2) is 7.05. The van der Waals surface area contributed by atoms with Crippen molar-refractivity contribution in [2.75, 3.05) is 7.11 Å². The monoisotopic (exact) mass is 455 g/mol. The van der Waals surface area contributed by atoms with E-state index in [2.05, 4.69) is 44.6 Å². The highest BCUT2D eigenvalue weighted by Gasteiger charge is 2.23. The van der Waals surface area contributed by atoms with Gasteiger partial charge in [0.05, 0.1) is 13.2 Å². The molecule has 0 fully saturated rings. The van der Waals surface area contributed by atoms with E-state index in [-0.39, 0.29) is 5.78 Å². The van der Waals surface area contributed by atoms with Crippen LogP contribution in [0, 0.1) is 14.9 Å². The first kappa shape index (κ1) is 16.0. The Hall–Kier alpha value is -1.39. The molecular weight excluding hydrogens is 445 g/mol. The predicted molar refractivity (Wildman–Crippen MR) is 92.5 cm³/mol. The Balaban J connectivity index is 2.38. The number of Topliss-reactive ketones (excluding diaryl/α,β-unsaturated/α-hetero) is 1. The Morgan fingerprint density at radius 2 is 1.95 bits per heavy atom. The van der Waals surface area contributed by atoms with E-state index in [4.69, 9.17) is 4.74 Å². The van der Waals surface area contributed by atoms with Crippen LogP contribution in [0.15, 0.2) is 46.9 Å². The molecule has 0 aromatic heterocycles. The lowest BCUT2D eigenvalue weighted by atomic mass is 9.92. The number of ether oxygens (including phenoxy) is 1. The Morgan fingerprint density at radius 1 is 1.29 bits per heavy atom. The van der Waals surface area contributed by atoms with Gasteiger partial charge in [-0.3, -0.25) is 4.79 Å². The molecule has 1 unspecified atom stereocenters. The molecule has 0 bridgehead atoms. The maximum Gasteiger partial charge on any atom is 0.185 e. The number of ketones is 1. The van der Waals surface area contributed by atoms with Crippen LogP contribution in [0.2, 0.25) is 0 Å². The Labute approximate surface area is 145 Å². The normalized spacial score (nSPS) is 11.5. The van der Waals surface area contributed by atoms with Crippen molar-refractivity contribution in [2.45, 2.75) is 5.92 Å². The van der Waals surface area contributed by atoms with Crippen molar-refractivity contribution in [3.8, 4) is 11.8 Å². The van der Waals surface area contributed by atoms with Crippen LogP contribution in [-0.4, -0.2) is 12.9 Å². The molecule has 21 heavy (non-hydrogen) atoms. The third-order valence-electron chi connectivity index (χ3n) is 3.03. The van der Waals surface area contributed by atoms with Crippen LogP contribution in [0.5, 0.6) is 5.75 Å². The number of rotatable bonds is 4. The van der Waals surface area contributed by atoms with Gasteiger partial charge in [-0.15, -0.1) is 0 Å². The molecule has 1 atom stereocenters. The van der Waals surface area contributed by atoms with Gasteiger partial charge in [0, 0.05) is 13.6 Å². The molecule has 0 amide bonds. The molecule has 2 aromatic rings.